The molecule has 0 amide bonds. The van der Waals surface area contributed by atoms with Crippen molar-refractivity contribution in [2.24, 2.45) is 0 Å². The number of rotatable bonds is 2. The van der Waals surface area contributed by atoms with E-state index in [4.69, 9.17) is 5.26 Å². The first kappa shape index (κ1) is 12.3. The molecule has 4 heteroatoms. The second-order valence-electron chi connectivity index (χ2n) is 3.68. The predicted molar refractivity (Wildman–Crippen MR) is 70.4 cm³/mol. The fourth-order valence-corrected chi connectivity index (χ4v) is 1.90. The van der Waals surface area contributed by atoms with Gasteiger partial charge in [0.1, 0.15) is 5.75 Å². The minimum Gasteiger partial charge on any atom is -0.507 e. The number of nitriles is 1. The first-order valence-corrected chi connectivity index (χ1v) is 5.94. The summed E-state index contributed by atoms with van der Waals surface area (Å²) in [5, 5.41) is 18.4. The Morgan fingerprint density at radius 1 is 1.17 bits per heavy atom. The monoisotopic (exact) mass is 301 g/mol. The summed E-state index contributed by atoms with van der Waals surface area (Å²) >= 11 is 3.25. The Balaban J connectivity index is 2.41. The number of ketones is 1. The summed E-state index contributed by atoms with van der Waals surface area (Å²) in [5.41, 5.74) is 1.15. The number of aromatic hydroxyl groups is 1. The number of nitrogens with zero attached hydrogens (tertiary/aromatic N) is 1. The van der Waals surface area contributed by atoms with E-state index in [1.165, 1.54) is 6.07 Å². The zero-order valence-electron chi connectivity index (χ0n) is 9.22. The fourth-order valence-electron chi connectivity index (χ4n) is 1.54. The Labute approximate surface area is 112 Å². The predicted octanol–water partition coefficient (Wildman–Crippen LogP) is 3.26. The molecule has 2 aromatic carbocycles. The number of phenols is 1. The molecular formula is C14H8BrNO2. The van der Waals surface area contributed by atoms with Gasteiger partial charge in [0.25, 0.3) is 0 Å². The van der Waals surface area contributed by atoms with Crippen molar-refractivity contribution in [3.8, 4) is 11.8 Å². The van der Waals surface area contributed by atoms with Crippen LogP contribution in [0.3, 0.4) is 0 Å². The van der Waals surface area contributed by atoms with Gasteiger partial charge < -0.3 is 5.11 Å². The Morgan fingerprint density at radius 3 is 2.44 bits per heavy atom. The average Bonchev–Trinajstić information content (AvgIpc) is 2.41. The fraction of sp³-hybridized carbons (Fsp3) is 0. The molecule has 0 saturated heterocycles. The van der Waals surface area contributed by atoms with Crippen LogP contribution in [0.2, 0.25) is 0 Å². The molecule has 0 saturated carbocycles. The van der Waals surface area contributed by atoms with E-state index in [1.807, 2.05) is 6.07 Å². The summed E-state index contributed by atoms with van der Waals surface area (Å²) in [6, 6.07) is 13.0. The lowest BCUT2D eigenvalue weighted by atomic mass is 10.0. The lowest BCUT2D eigenvalue weighted by Crippen LogP contribution is -2.01. The van der Waals surface area contributed by atoms with E-state index >= 15 is 0 Å². The van der Waals surface area contributed by atoms with Crippen LogP contribution < -0.4 is 0 Å². The van der Waals surface area contributed by atoms with E-state index in [1.54, 1.807) is 36.4 Å². The number of carbonyl (C=O) groups excluding carboxylic acids is 1. The third-order valence-corrected chi connectivity index (χ3v) is 2.97. The molecule has 2 rings (SSSR count). The third-order valence-electron chi connectivity index (χ3n) is 2.48. The highest BCUT2D eigenvalue weighted by Crippen LogP contribution is 2.24. The zero-order valence-corrected chi connectivity index (χ0v) is 10.8. The van der Waals surface area contributed by atoms with E-state index < -0.39 is 0 Å². The maximum absolute atomic E-state index is 12.2. The van der Waals surface area contributed by atoms with Crippen molar-refractivity contribution < 1.29 is 9.90 Å². The second-order valence-corrected chi connectivity index (χ2v) is 4.60. The lowest BCUT2D eigenvalue weighted by Gasteiger charge is -2.04. The summed E-state index contributed by atoms with van der Waals surface area (Å²) in [4.78, 5) is 12.2. The largest absolute Gasteiger partial charge is 0.507 e. The van der Waals surface area contributed by atoms with Crippen LogP contribution in [0, 0.1) is 11.3 Å². The quantitative estimate of drug-likeness (QED) is 0.866. The summed E-state index contributed by atoms with van der Waals surface area (Å²) < 4.78 is 0.720. The number of carbonyl (C=O) groups is 1. The van der Waals surface area contributed by atoms with E-state index in [9.17, 15) is 9.90 Å². The summed E-state index contributed by atoms with van der Waals surface area (Å²) in [5.74, 6) is -0.342. The molecular weight excluding hydrogens is 294 g/mol. The number of hydrogen-bond donors (Lipinski definition) is 1. The molecule has 3 nitrogen and oxygen atoms in total. The van der Waals surface area contributed by atoms with Crippen molar-refractivity contribution >= 4 is 21.7 Å². The maximum Gasteiger partial charge on any atom is 0.196 e. The van der Waals surface area contributed by atoms with Gasteiger partial charge in [-0.2, -0.15) is 5.26 Å². The Bertz CT molecular complexity index is 642. The molecule has 0 unspecified atom stereocenters. The highest BCUT2D eigenvalue weighted by Gasteiger charge is 2.13. The van der Waals surface area contributed by atoms with Crippen LogP contribution >= 0.6 is 15.9 Å². The van der Waals surface area contributed by atoms with Gasteiger partial charge in [0, 0.05) is 10.0 Å². The van der Waals surface area contributed by atoms with Crippen LogP contribution in [-0.2, 0) is 0 Å². The molecule has 0 atom stereocenters. The van der Waals surface area contributed by atoms with Gasteiger partial charge in [-0.05, 0) is 42.5 Å². The molecule has 18 heavy (non-hydrogen) atoms. The average molecular weight is 302 g/mol. The normalized spacial score (nSPS) is 9.78. The zero-order chi connectivity index (χ0) is 13.1. The second kappa shape index (κ2) is 5.03. The van der Waals surface area contributed by atoms with Crippen molar-refractivity contribution in [1.29, 1.82) is 5.26 Å². The molecule has 1 N–H and O–H groups in total. The van der Waals surface area contributed by atoms with Gasteiger partial charge in [-0.3, -0.25) is 4.79 Å². The standard InChI is InChI=1S/C14H8BrNO2/c15-11-5-6-13(17)12(7-11)14(18)10-3-1-9(8-16)2-4-10/h1-7,17H. The summed E-state index contributed by atoms with van der Waals surface area (Å²) in [7, 11) is 0. The molecule has 0 spiro atoms. The van der Waals surface area contributed by atoms with Crippen LogP contribution in [0.4, 0.5) is 0 Å². The van der Waals surface area contributed by atoms with Gasteiger partial charge in [-0.15, -0.1) is 0 Å². The molecule has 0 aliphatic rings. The van der Waals surface area contributed by atoms with Crippen LogP contribution in [0.25, 0.3) is 0 Å². The van der Waals surface area contributed by atoms with E-state index in [2.05, 4.69) is 15.9 Å². The van der Waals surface area contributed by atoms with Gasteiger partial charge in [0.05, 0.1) is 17.2 Å². The Kier molecular flexibility index (Phi) is 3.45. The topological polar surface area (TPSA) is 61.1 Å². The van der Waals surface area contributed by atoms with Crippen LogP contribution in [-0.4, -0.2) is 10.9 Å². The molecule has 0 fully saturated rings. The van der Waals surface area contributed by atoms with Gasteiger partial charge in [0.15, 0.2) is 5.78 Å². The molecule has 0 aromatic heterocycles. The number of phenolic OH excluding ortho intramolecular Hbond substituents is 1. The Hall–Kier alpha value is -2.12. The molecule has 88 valence electrons. The van der Waals surface area contributed by atoms with Crippen LogP contribution in [0.15, 0.2) is 46.9 Å². The first-order valence-electron chi connectivity index (χ1n) is 5.15. The van der Waals surface area contributed by atoms with Gasteiger partial charge in [-0.25, -0.2) is 0 Å². The van der Waals surface area contributed by atoms with Gasteiger partial charge >= 0.3 is 0 Å². The van der Waals surface area contributed by atoms with Gasteiger partial charge in [0.2, 0.25) is 0 Å². The third kappa shape index (κ3) is 2.41. The maximum atomic E-state index is 12.2. The lowest BCUT2D eigenvalue weighted by molar-refractivity contribution is 0.103. The number of halogens is 1. The Morgan fingerprint density at radius 2 is 1.83 bits per heavy atom. The molecule has 0 aliphatic carbocycles. The van der Waals surface area contributed by atoms with Crippen LogP contribution in [0.5, 0.6) is 5.75 Å². The highest BCUT2D eigenvalue weighted by atomic mass is 79.9. The molecule has 0 bridgehead atoms. The number of benzene rings is 2. The summed E-state index contributed by atoms with van der Waals surface area (Å²) in [6.45, 7) is 0. The van der Waals surface area contributed by atoms with E-state index in [0.717, 1.165) is 4.47 Å². The first-order chi connectivity index (χ1) is 8.61. The molecule has 0 heterocycles. The minimum absolute atomic E-state index is 0.0624. The van der Waals surface area contributed by atoms with Crippen molar-refractivity contribution in [1.82, 2.24) is 0 Å². The van der Waals surface area contributed by atoms with Crippen molar-refractivity contribution in [3.63, 3.8) is 0 Å². The van der Waals surface area contributed by atoms with Gasteiger partial charge in [-0.1, -0.05) is 15.9 Å². The van der Waals surface area contributed by atoms with E-state index in [-0.39, 0.29) is 17.1 Å². The van der Waals surface area contributed by atoms with Crippen molar-refractivity contribution in [2.45, 2.75) is 0 Å². The van der Waals surface area contributed by atoms with E-state index in [0.29, 0.717) is 11.1 Å². The van der Waals surface area contributed by atoms with Crippen molar-refractivity contribution in [3.05, 3.63) is 63.6 Å². The smallest absolute Gasteiger partial charge is 0.196 e. The highest BCUT2D eigenvalue weighted by molar-refractivity contribution is 9.10. The SMILES string of the molecule is N#Cc1ccc(C(=O)c2cc(Br)ccc2O)cc1. The summed E-state index contributed by atoms with van der Waals surface area (Å²) in [6.07, 6.45) is 0. The molecule has 2 aromatic rings. The van der Waals surface area contributed by atoms with Crippen molar-refractivity contribution in [2.75, 3.05) is 0 Å². The molecule has 0 aliphatic heterocycles. The van der Waals surface area contributed by atoms with Crippen LogP contribution in [0.1, 0.15) is 21.5 Å². The minimum atomic E-state index is -0.279. The molecule has 0 radical (unpaired) electrons. The number of hydrogen-bond acceptors (Lipinski definition) is 3.